The lowest BCUT2D eigenvalue weighted by molar-refractivity contribution is 0.0205. The van der Waals surface area contributed by atoms with Gasteiger partial charge in [0.25, 0.3) is 5.91 Å². The molecule has 0 radical (unpaired) electrons. The van der Waals surface area contributed by atoms with Gasteiger partial charge in [-0.15, -0.1) is 0 Å². The fourth-order valence-electron chi connectivity index (χ4n) is 3.61. The van der Waals surface area contributed by atoms with E-state index in [-0.39, 0.29) is 18.0 Å². The third-order valence-corrected chi connectivity index (χ3v) is 5.21. The number of nitrogens with one attached hydrogen (secondary N) is 1. The lowest BCUT2D eigenvalue weighted by Crippen LogP contribution is -2.39. The first-order valence-electron chi connectivity index (χ1n) is 9.94. The molecular formula is C20H30N4O3. The largest absolute Gasteiger partial charge is 0.467 e. The van der Waals surface area contributed by atoms with Crippen molar-refractivity contribution in [3.05, 3.63) is 23.7 Å². The number of hydrogen-bond donors (Lipinski definition) is 1. The van der Waals surface area contributed by atoms with Gasteiger partial charge in [0.1, 0.15) is 5.82 Å². The van der Waals surface area contributed by atoms with Crippen molar-refractivity contribution in [1.82, 2.24) is 19.7 Å². The highest BCUT2D eigenvalue weighted by atomic mass is 16.5. The van der Waals surface area contributed by atoms with E-state index in [0.29, 0.717) is 17.3 Å². The summed E-state index contributed by atoms with van der Waals surface area (Å²) in [7, 11) is 1.52. The van der Waals surface area contributed by atoms with E-state index in [2.05, 4.69) is 22.2 Å². The Morgan fingerprint density at radius 3 is 2.74 bits per heavy atom. The Balaban J connectivity index is 1.56. The summed E-state index contributed by atoms with van der Waals surface area (Å²) in [5, 5.41) is 3.16. The molecule has 2 aromatic rings. The second kappa shape index (κ2) is 9.17. The number of ether oxygens (including phenoxy) is 2. The summed E-state index contributed by atoms with van der Waals surface area (Å²) in [5.41, 5.74) is 1.13. The molecule has 1 aliphatic carbocycles. The third kappa shape index (κ3) is 4.77. The molecule has 0 unspecified atom stereocenters. The van der Waals surface area contributed by atoms with Gasteiger partial charge in [-0.25, -0.2) is 0 Å². The van der Waals surface area contributed by atoms with Gasteiger partial charge in [-0.2, -0.15) is 9.97 Å². The number of unbranched alkanes of at least 4 members (excludes halogenated alkanes) is 2. The van der Waals surface area contributed by atoms with E-state index in [0.717, 1.165) is 44.5 Å². The van der Waals surface area contributed by atoms with Crippen LogP contribution in [0.25, 0.3) is 5.65 Å². The van der Waals surface area contributed by atoms with Crippen molar-refractivity contribution in [2.45, 2.75) is 70.9 Å². The summed E-state index contributed by atoms with van der Waals surface area (Å²) < 4.78 is 12.9. The predicted octanol–water partition coefficient (Wildman–Crippen LogP) is 3.29. The van der Waals surface area contributed by atoms with Crippen molar-refractivity contribution >= 4 is 11.6 Å². The standard InChI is InChI=1S/C20H30N4O3/c1-4-5-6-13-27-16-9-7-15(8-10-16)22-19(25)17-11-12-24-14(2)21-20(26-3)23-18(17)24/h11-12,15-16H,4-10,13H2,1-3H3,(H,22,25). The summed E-state index contributed by atoms with van der Waals surface area (Å²) in [4.78, 5) is 21.3. The molecule has 0 bridgehead atoms. The minimum absolute atomic E-state index is 0.0926. The normalized spacial score (nSPS) is 20.0. The Morgan fingerprint density at radius 2 is 2.04 bits per heavy atom. The van der Waals surface area contributed by atoms with Crippen LogP contribution in [-0.4, -0.2) is 46.1 Å². The van der Waals surface area contributed by atoms with E-state index in [9.17, 15) is 4.79 Å². The number of aromatic nitrogens is 3. The molecule has 0 atom stereocenters. The van der Waals surface area contributed by atoms with Gasteiger partial charge in [0.05, 0.1) is 18.8 Å². The fraction of sp³-hybridized carbons (Fsp3) is 0.650. The van der Waals surface area contributed by atoms with Crippen LogP contribution in [0.1, 0.15) is 68.1 Å². The zero-order chi connectivity index (χ0) is 19.2. The highest BCUT2D eigenvalue weighted by Crippen LogP contribution is 2.23. The van der Waals surface area contributed by atoms with Crippen LogP contribution in [0.15, 0.2) is 12.3 Å². The highest BCUT2D eigenvalue weighted by molar-refractivity contribution is 6.00. The van der Waals surface area contributed by atoms with Gasteiger partial charge in [0, 0.05) is 18.8 Å². The molecule has 0 aromatic carbocycles. The molecule has 148 valence electrons. The van der Waals surface area contributed by atoms with Crippen LogP contribution in [-0.2, 0) is 4.74 Å². The summed E-state index contributed by atoms with van der Waals surface area (Å²) in [6, 6.07) is 2.25. The molecule has 1 saturated carbocycles. The van der Waals surface area contributed by atoms with Crippen LogP contribution >= 0.6 is 0 Å². The number of hydrogen-bond acceptors (Lipinski definition) is 5. The van der Waals surface area contributed by atoms with Gasteiger partial charge in [0.15, 0.2) is 5.65 Å². The topological polar surface area (TPSA) is 77.8 Å². The molecule has 2 heterocycles. The Hall–Kier alpha value is -2.15. The number of fused-ring (bicyclic) bond motifs is 1. The summed E-state index contributed by atoms with van der Waals surface area (Å²) in [6.07, 6.45) is 9.65. The monoisotopic (exact) mass is 374 g/mol. The maximum atomic E-state index is 12.8. The first-order valence-corrected chi connectivity index (χ1v) is 9.94. The van der Waals surface area contributed by atoms with Gasteiger partial charge in [0.2, 0.25) is 0 Å². The van der Waals surface area contributed by atoms with Crippen LogP contribution in [0, 0.1) is 6.92 Å². The van der Waals surface area contributed by atoms with Gasteiger partial charge < -0.3 is 14.8 Å². The fourth-order valence-corrected chi connectivity index (χ4v) is 3.61. The van der Waals surface area contributed by atoms with Crippen LogP contribution < -0.4 is 10.1 Å². The average molecular weight is 374 g/mol. The van der Waals surface area contributed by atoms with E-state index < -0.39 is 0 Å². The number of carbonyl (C=O) groups excluding carboxylic acids is 1. The van der Waals surface area contributed by atoms with Crippen molar-refractivity contribution in [2.24, 2.45) is 0 Å². The van der Waals surface area contributed by atoms with E-state index in [1.165, 1.54) is 20.0 Å². The number of methoxy groups -OCH3 is 1. The minimum atomic E-state index is -0.0926. The smallest absolute Gasteiger partial charge is 0.319 e. The number of aryl methyl sites for hydroxylation is 1. The maximum absolute atomic E-state index is 12.8. The summed E-state index contributed by atoms with van der Waals surface area (Å²) >= 11 is 0. The van der Waals surface area contributed by atoms with Crippen LogP contribution in [0.5, 0.6) is 6.01 Å². The molecule has 7 nitrogen and oxygen atoms in total. The van der Waals surface area contributed by atoms with Gasteiger partial charge in [-0.3, -0.25) is 9.20 Å². The molecule has 1 N–H and O–H groups in total. The zero-order valence-corrected chi connectivity index (χ0v) is 16.5. The van der Waals surface area contributed by atoms with Crippen molar-refractivity contribution in [3.8, 4) is 6.01 Å². The number of nitrogens with zero attached hydrogens (tertiary/aromatic N) is 3. The Kier molecular flexibility index (Phi) is 6.66. The van der Waals surface area contributed by atoms with Crippen LogP contribution in [0.2, 0.25) is 0 Å². The number of rotatable bonds is 8. The highest BCUT2D eigenvalue weighted by Gasteiger charge is 2.24. The quantitative estimate of drug-likeness (QED) is 0.718. The van der Waals surface area contributed by atoms with Crippen LogP contribution in [0.4, 0.5) is 0 Å². The molecule has 2 aromatic heterocycles. The van der Waals surface area contributed by atoms with Crippen molar-refractivity contribution in [2.75, 3.05) is 13.7 Å². The van der Waals surface area contributed by atoms with E-state index in [1.54, 1.807) is 10.5 Å². The molecular weight excluding hydrogens is 344 g/mol. The zero-order valence-electron chi connectivity index (χ0n) is 16.5. The van der Waals surface area contributed by atoms with Crippen molar-refractivity contribution < 1.29 is 14.3 Å². The predicted molar refractivity (Wildman–Crippen MR) is 103 cm³/mol. The van der Waals surface area contributed by atoms with Gasteiger partial charge in [-0.05, 0) is 45.1 Å². The lowest BCUT2D eigenvalue weighted by atomic mass is 9.92. The molecule has 1 fully saturated rings. The summed E-state index contributed by atoms with van der Waals surface area (Å²) in [6.45, 7) is 4.92. The Bertz CT molecular complexity index is 766. The maximum Gasteiger partial charge on any atom is 0.319 e. The van der Waals surface area contributed by atoms with Crippen LogP contribution in [0.3, 0.4) is 0 Å². The van der Waals surface area contributed by atoms with E-state index in [1.807, 2.05) is 13.1 Å². The second-order valence-electron chi connectivity index (χ2n) is 7.21. The average Bonchev–Trinajstić information content (AvgIpc) is 3.11. The first-order chi connectivity index (χ1) is 13.1. The molecule has 0 saturated heterocycles. The van der Waals surface area contributed by atoms with Gasteiger partial charge in [-0.1, -0.05) is 19.8 Å². The number of carbonyl (C=O) groups is 1. The van der Waals surface area contributed by atoms with Crippen molar-refractivity contribution in [3.63, 3.8) is 0 Å². The Labute approximate surface area is 160 Å². The van der Waals surface area contributed by atoms with E-state index in [4.69, 9.17) is 9.47 Å². The minimum Gasteiger partial charge on any atom is -0.467 e. The van der Waals surface area contributed by atoms with Gasteiger partial charge >= 0.3 is 6.01 Å². The molecule has 0 aliphatic heterocycles. The first kappa shape index (κ1) is 19.6. The molecule has 1 amide bonds. The molecule has 0 spiro atoms. The SMILES string of the molecule is CCCCCOC1CCC(NC(=O)c2ccn3c(C)nc(OC)nc23)CC1. The molecule has 1 aliphatic rings. The molecule has 3 rings (SSSR count). The Morgan fingerprint density at radius 1 is 1.26 bits per heavy atom. The lowest BCUT2D eigenvalue weighted by Gasteiger charge is -2.29. The van der Waals surface area contributed by atoms with E-state index >= 15 is 0 Å². The third-order valence-electron chi connectivity index (χ3n) is 5.21. The second-order valence-corrected chi connectivity index (χ2v) is 7.21. The summed E-state index contributed by atoms with van der Waals surface area (Å²) in [5.74, 6) is 0.640. The number of amides is 1. The molecule has 27 heavy (non-hydrogen) atoms. The molecule has 7 heteroatoms. The van der Waals surface area contributed by atoms with Crippen molar-refractivity contribution in [1.29, 1.82) is 0 Å².